The van der Waals surface area contributed by atoms with E-state index in [2.05, 4.69) is 33.0 Å². The molecule has 0 spiro atoms. The number of non-ortho nitro benzene ring substituents is 1. The second kappa shape index (κ2) is 5.63. The van der Waals surface area contributed by atoms with Crippen LogP contribution in [0.15, 0.2) is 18.2 Å². The zero-order valence-corrected chi connectivity index (χ0v) is 11.5. The number of nitrogens with zero attached hydrogens (tertiary/aromatic N) is 2. The first-order chi connectivity index (χ1) is 8.16. The molecule has 0 saturated carbocycles. The lowest BCUT2D eigenvalue weighted by Gasteiger charge is -2.28. The number of benzene rings is 1. The Kier molecular flexibility index (Phi) is 4.16. The largest absolute Gasteiger partial charge is 0.318 e. The lowest BCUT2D eigenvalue weighted by atomic mass is 10.2. The van der Waals surface area contributed by atoms with Crippen LogP contribution in [-0.4, -0.2) is 23.0 Å². The molecule has 0 radical (unpaired) electrons. The topological polar surface area (TPSA) is 58.4 Å². The summed E-state index contributed by atoms with van der Waals surface area (Å²) in [7, 11) is 0. The maximum atomic E-state index is 10.6. The fourth-order valence-corrected chi connectivity index (χ4v) is 2.50. The quantitative estimate of drug-likeness (QED) is 0.519. The van der Waals surface area contributed by atoms with Gasteiger partial charge in [0.25, 0.3) is 5.69 Å². The third kappa shape index (κ3) is 3.29. The van der Waals surface area contributed by atoms with Crippen LogP contribution >= 0.6 is 22.6 Å². The van der Waals surface area contributed by atoms with E-state index in [1.165, 1.54) is 25.3 Å². The fourth-order valence-electron chi connectivity index (χ4n) is 1.88. The Morgan fingerprint density at radius 1 is 1.29 bits per heavy atom. The van der Waals surface area contributed by atoms with E-state index in [9.17, 15) is 10.1 Å². The Morgan fingerprint density at radius 2 is 2.00 bits per heavy atom. The van der Waals surface area contributed by atoms with Crippen molar-refractivity contribution in [1.82, 2.24) is 5.01 Å². The van der Waals surface area contributed by atoms with Crippen LogP contribution in [0.1, 0.15) is 19.3 Å². The van der Waals surface area contributed by atoms with Crippen LogP contribution in [0.4, 0.5) is 11.4 Å². The molecule has 92 valence electrons. The molecule has 1 N–H and O–H groups in total. The number of nitro groups is 1. The first kappa shape index (κ1) is 12.6. The van der Waals surface area contributed by atoms with Gasteiger partial charge in [-0.1, -0.05) is 6.42 Å². The number of halogens is 1. The number of hydrogen-bond donors (Lipinski definition) is 1. The summed E-state index contributed by atoms with van der Waals surface area (Å²) in [5, 5.41) is 12.8. The van der Waals surface area contributed by atoms with Crippen LogP contribution in [0.25, 0.3) is 0 Å². The SMILES string of the molecule is O=[N+]([O-])c1ccc(NN2CCCCC2)c(I)c1. The summed E-state index contributed by atoms with van der Waals surface area (Å²) in [6.07, 6.45) is 3.70. The molecule has 0 atom stereocenters. The molecule has 1 heterocycles. The number of nitro benzene ring substituents is 1. The van der Waals surface area contributed by atoms with Gasteiger partial charge < -0.3 is 5.43 Å². The monoisotopic (exact) mass is 347 g/mol. The molecule has 1 aromatic rings. The van der Waals surface area contributed by atoms with Crippen LogP contribution < -0.4 is 5.43 Å². The van der Waals surface area contributed by atoms with E-state index in [4.69, 9.17) is 0 Å². The highest BCUT2D eigenvalue weighted by molar-refractivity contribution is 14.1. The van der Waals surface area contributed by atoms with Gasteiger partial charge in [0.05, 0.1) is 10.6 Å². The van der Waals surface area contributed by atoms with Crippen molar-refractivity contribution in [3.05, 3.63) is 31.9 Å². The van der Waals surface area contributed by atoms with Gasteiger partial charge in [-0.2, -0.15) is 0 Å². The summed E-state index contributed by atoms with van der Waals surface area (Å²) in [5.74, 6) is 0. The normalized spacial score (nSPS) is 16.8. The van der Waals surface area contributed by atoms with Gasteiger partial charge in [0, 0.05) is 28.8 Å². The Morgan fingerprint density at radius 3 is 2.59 bits per heavy atom. The third-order valence-corrected chi connectivity index (χ3v) is 3.69. The molecule has 1 saturated heterocycles. The Labute approximate surface area is 113 Å². The predicted octanol–water partition coefficient (Wildman–Crippen LogP) is 3.01. The van der Waals surface area contributed by atoms with Crippen LogP contribution in [0, 0.1) is 13.7 Å². The minimum absolute atomic E-state index is 0.138. The Hall–Kier alpha value is -0.890. The van der Waals surface area contributed by atoms with Crippen LogP contribution in [0.5, 0.6) is 0 Å². The fraction of sp³-hybridized carbons (Fsp3) is 0.455. The van der Waals surface area contributed by atoms with Crippen molar-refractivity contribution in [2.45, 2.75) is 19.3 Å². The standard InChI is InChI=1S/C11H14IN3O2/c12-10-8-9(15(16)17)4-5-11(10)13-14-6-2-1-3-7-14/h4-5,8,13H,1-3,6-7H2. The molecule has 2 rings (SSSR count). The molecular formula is C11H14IN3O2. The van der Waals surface area contributed by atoms with Gasteiger partial charge in [-0.25, -0.2) is 5.01 Å². The molecule has 0 amide bonds. The molecule has 0 unspecified atom stereocenters. The molecule has 1 aliphatic heterocycles. The summed E-state index contributed by atoms with van der Waals surface area (Å²) >= 11 is 2.12. The number of hydrazine groups is 1. The zero-order chi connectivity index (χ0) is 12.3. The van der Waals surface area contributed by atoms with Crippen molar-refractivity contribution in [3.8, 4) is 0 Å². The lowest BCUT2D eigenvalue weighted by Crippen LogP contribution is -2.35. The van der Waals surface area contributed by atoms with Crippen molar-refractivity contribution in [2.75, 3.05) is 18.5 Å². The highest BCUT2D eigenvalue weighted by atomic mass is 127. The summed E-state index contributed by atoms with van der Waals surface area (Å²) < 4.78 is 0.877. The molecule has 5 nitrogen and oxygen atoms in total. The summed E-state index contributed by atoms with van der Waals surface area (Å²) in [4.78, 5) is 10.3. The average Bonchev–Trinajstić information content (AvgIpc) is 2.33. The van der Waals surface area contributed by atoms with Gasteiger partial charge in [0.1, 0.15) is 0 Å². The molecule has 0 bridgehead atoms. The van der Waals surface area contributed by atoms with E-state index in [0.717, 1.165) is 22.3 Å². The molecule has 1 fully saturated rings. The van der Waals surface area contributed by atoms with Gasteiger partial charge >= 0.3 is 0 Å². The molecule has 6 heteroatoms. The first-order valence-electron chi connectivity index (χ1n) is 5.62. The number of hydrogen-bond acceptors (Lipinski definition) is 4. The highest BCUT2D eigenvalue weighted by Gasteiger charge is 2.13. The van der Waals surface area contributed by atoms with Crippen LogP contribution in [0.3, 0.4) is 0 Å². The Bertz CT molecular complexity index is 419. The molecule has 1 aliphatic rings. The minimum atomic E-state index is -0.368. The second-order valence-corrected chi connectivity index (χ2v) is 5.24. The number of nitrogens with one attached hydrogen (secondary N) is 1. The van der Waals surface area contributed by atoms with E-state index in [1.807, 2.05) is 0 Å². The highest BCUT2D eigenvalue weighted by Crippen LogP contribution is 2.24. The predicted molar refractivity (Wildman–Crippen MR) is 74.9 cm³/mol. The molecule has 0 aromatic heterocycles. The van der Waals surface area contributed by atoms with Crippen LogP contribution in [-0.2, 0) is 0 Å². The van der Waals surface area contributed by atoms with Crippen molar-refractivity contribution >= 4 is 34.0 Å². The average molecular weight is 347 g/mol. The molecule has 17 heavy (non-hydrogen) atoms. The lowest BCUT2D eigenvalue weighted by molar-refractivity contribution is -0.384. The van der Waals surface area contributed by atoms with E-state index < -0.39 is 0 Å². The molecule has 0 aliphatic carbocycles. The van der Waals surface area contributed by atoms with Gasteiger partial charge in [-0.3, -0.25) is 10.1 Å². The zero-order valence-electron chi connectivity index (χ0n) is 9.36. The minimum Gasteiger partial charge on any atom is -0.318 e. The maximum Gasteiger partial charge on any atom is 0.270 e. The smallest absolute Gasteiger partial charge is 0.270 e. The first-order valence-corrected chi connectivity index (χ1v) is 6.70. The van der Waals surface area contributed by atoms with Crippen molar-refractivity contribution in [3.63, 3.8) is 0 Å². The van der Waals surface area contributed by atoms with Gasteiger partial charge in [0.15, 0.2) is 0 Å². The number of anilines is 1. The van der Waals surface area contributed by atoms with E-state index in [0.29, 0.717) is 0 Å². The maximum absolute atomic E-state index is 10.6. The number of piperidine rings is 1. The van der Waals surface area contributed by atoms with Crippen molar-refractivity contribution < 1.29 is 4.92 Å². The summed E-state index contributed by atoms with van der Waals surface area (Å²) in [6.45, 7) is 2.07. The summed E-state index contributed by atoms with van der Waals surface area (Å²) in [5.41, 5.74) is 4.40. The van der Waals surface area contributed by atoms with E-state index in [-0.39, 0.29) is 10.6 Å². The van der Waals surface area contributed by atoms with Crippen molar-refractivity contribution in [1.29, 1.82) is 0 Å². The molecular weight excluding hydrogens is 333 g/mol. The van der Waals surface area contributed by atoms with E-state index >= 15 is 0 Å². The van der Waals surface area contributed by atoms with Crippen LogP contribution in [0.2, 0.25) is 0 Å². The van der Waals surface area contributed by atoms with Gasteiger partial charge in [-0.15, -0.1) is 0 Å². The number of rotatable bonds is 3. The van der Waals surface area contributed by atoms with Gasteiger partial charge in [0.2, 0.25) is 0 Å². The third-order valence-electron chi connectivity index (χ3n) is 2.80. The van der Waals surface area contributed by atoms with E-state index in [1.54, 1.807) is 12.1 Å². The Balaban J connectivity index is 2.08. The molecule has 1 aromatic carbocycles. The van der Waals surface area contributed by atoms with Crippen molar-refractivity contribution in [2.24, 2.45) is 0 Å². The van der Waals surface area contributed by atoms with Gasteiger partial charge in [-0.05, 0) is 41.5 Å². The second-order valence-electron chi connectivity index (χ2n) is 4.08. The summed E-state index contributed by atoms with van der Waals surface area (Å²) in [6, 6.07) is 4.90.